The molecule has 0 bridgehead atoms. The molecule has 1 aliphatic rings. The van der Waals surface area contributed by atoms with Crippen LogP contribution in [0.2, 0.25) is 0 Å². The normalized spacial score (nSPS) is 17.8. The van der Waals surface area contributed by atoms with Gasteiger partial charge >= 0.3 is 5.97 Å². The molecule has 1 aliphatic heterocycles. The summed E-state index contributed by atoms with van der Waals surface area (Å²) in [6.07, 6.45) is -0.118. The molecule has 0 radical (unpaired) electrons. The van der Waals surface area contributed by atoms with Gasteiger partial charge in [-0.2, -0.15) is 0 Å². The third kappa shape index (κ3) is 7.10. The smallest absolute Gasteiger partial charge is 0.331 e. The fraction of sp³-hybridized carbons (Fsp3) is 0.448. The maximum absolute atomic E-state index is 13.4. The van der Waals surface area contributed by atoms with Crippen molar-refractivity contribution < 1.29 is 33.7 Å². The molecule has 39 heavy (non-hydrogen) atoms. The minimum atomic E-state index is -3.77. The Balaban J connectivity index is 1.70. The summed E-state index contributed by atoms with van der Waals surface area (Å²) >= 11 is 0. The molecular weight excluding hydrogens is 519 g/mol. The lowest BCUT2D eigenvalue weighted by Crippen LogP contribution is -2.55. The molecule has 1 heterocycles. The van der Waals surface area contributed by atoms with Gasteiger partial charge in [-0.25, -0.2) is 4.79 Å². The second-order valence-electron chi connectivity index (χ2n) is 10.9. The van der Waals surface area contributed by atoms with Crippen LogP contribution in [0.3, 0.4) is 0 Å². The quantitative estimate of drug-likeness (QED) is 0.177. The number of benzene rings is 2. The second kappa shape index (κ2) is 12.4. The van der Waals surface area contributed by atoms with Crippen LogP contribution in [0, 0.1) is 5.92 Å². The van der Waals surface area contributed by atoms with Crippen molar-refractivity contribution in [2.24, 2.45) is 11.7 Å². The molecule has 4 atom stereocenters. The summed E-state index contributed by atoms with van der Waals surface area (Å²) in [5.74, 6) is -3.42. The fourth-order valence-electron chi connectivity index (χ4n) is 5.14. The Labute approximate surface area is 228 Å². The number of nitrogens with zero attached hydrogens (tertiary/aromatic N) is 1. The molecule has 0 spiro atoms. The first-order valence-electron chi connectivity index (χ1n) is 13.1. The minimum Gasteiger partial charge on any atom is -0.480 e. The van der Waals surface area contributed by atoms with Gasteiger partial charge in [0.25, 0.3) is 11.8 Å². The average Bonchev–Trinajstić information content (AvgIpc) is 3.14. The zero-order chi connectivity index (χ0) is 29.0. The van der Waals surface area contributed by atoms with Crippen molar-refractivity contribution in [3.63, 3.8) is 0 Å². The van der Waals surface area contributed by atoms with Gasteiger partial charge in [0.2, 0.25) is 7.37 Å². The molecule has 0 saturated heterocycles. The number of imide groups is 1. The zero-order valence-electron chi connectivity index (χ0n) is 22.6. The predicted octanol–water partition coefficient (Wildman–Crippen LogP) is 4.29. The molecule has 3 unspecified atom stereocenters. The minimum absolute atomic E-state index is 0.00857. The van der Waals surface area contributed by atoms with Crippen LogP contribution in [0.1, 0.15) is 78.7 Å². The maximum Gasteiger partial charge on any atom is 0.331 e. The van der Waals surface area contributed by atoms with Crippen LogP contribution in [-0.2, 0) is 14.2 Å². The van der Waals surface area contributed by atoms with Crippen molar-refractivity contribution in [1.29, 1.82) is 0 Å². The highest BCUT2D eigenvalue weighted by molar-refractivity contribution is 7.58. The van der Waals surface area contributed by atoms with E-state index in [0.717, 1.165) is 10.5 Å². The third-order valence-electron chi connectivity index (χ3n) is 7.27. The number of carbonyl (C=O) groups excluding carboxylic acids is 3. The van der Waals surface area contributed by atoms with Gasteiger partial charge in [0, 0.05) is 24.8 Å². The van der Waals surface area contributed by atoms with E-state index in [1.165, 1.54) is 0 Å². The van der Waals surface area contributed by atoms with E-state index in [4.69, 9.17) is 5.73 Å². The van der Waals surface area contributed by atoms with Crippen molar-refractivity contribution in [3.8, 4) is 0 Å². The molecule has 2 aromatic rings. The number of carbonyl (C=O) groups is 4. The van der Waals surface area contributed by atoms with Gasteiger partial charge in [-0.15, -0.1) is 0 Å². The molecule has 10 heteroatoms. The lowest BCUT2D eigenvalue weighted by molar-refractivity contribution is -0.149. The number of aliphatic carboxylic acids is 1. The lowest BCUT2D eigenvalue weighted by atomic mass is 9.82. The van der Waals surface area contributed by atoms with Crippen LogP contribution in [0.5, 0.6) is 0 Å². The van der Waals surface area contributed by atoms with Crippen LogP contribution >= 0.6 is 7.37 Å². The van der Waals surface area contributed by atoms with Crippen LogP contribution in [-0.4, -0.2) is 62.4 Å². The molecule has 0 fully saturated rings. The largest absolute Gasteiger partial charge is 0.480 e. The van der Waals surface area contributed by atoms with E-state index in [2.05, 4.69) is 0 Å². The maximum atomic E-state index is 13.4. The van der Waals surface area contributed by atoms with Gasteiger partial charge in [0.1, 0.15) is 0 Å². The molecule has 2 aromatic carbocycles. The molecule has 3 rings (SSSR count). The highest BCUT2D eigenvalue weighted by Crippen LogP contribution is 2.47. The van der Waals surface area contributed by atoms with Gasteiger partial charge in [0.05, 0.1) is 11.1 Å². The predicted molar refractivity (Wildman–Crippen MR) is 148 cm³/mol. The summed E-state index contributed by atoms with van der Waals surface area (Å²) in [5.41, 5.74) is 5.41. The number of fused-ring (bicyclic) bond motifs is 1. The number of amides is 2. The Morgan fingerprint density at radius 3 is 2.00 bits per heavy atom. The van der Waals surface area contributed by atoms with Gasteiger partial charge in [-0.3, -0.25) is 23.8 Å². The molecular formula is C29H37N2O7P. The van der Waals surface area contributed by atoms with E-state index in [0.29, 0.717) is 11.1 Å². The second-order valence-corrected chi connectivity index (χ2v) is 13.4. The highest BCUT2D eigenvalue weighted by atomic mass is 31.2. The molecule has 4 N–H and O–H groups in total. The molecule has 0 saturated carbocycles. The van der Waals surface area contributed by atoms with Gasteiger partial charge in [-0.1, -0.05) is 56.3 Å². The number of hydrogen-bond donors (Lipinski definition) is 3. The molecule has 210 valence electrons. The van der Waals surface area contributed by atoms with Gasteiger partial charge in [0.15, 0.2) is 11.3 Å². The Kier molecular flexibility index (Phi) is 9.64. The topological polar surface area (TPSA) is 155 Å². The van der Waals surface area contributed by atoms with Gasteiger partial charge < -0.3 is 15.7 Å². The lowest BCUT2D eigenvalue weighted by Gasteiger charge is -2.27. The number of rotatable bonds is 14. The summed E-state index contributed by atoms with van der Waals surface area (Å²) in [6.45, 7) is 5.25. The first-order valence-corrected chi connectivity index (χ1v) is 15.2. The first kappa shape index (κ1) is 30.4. The van der Waals surface area contributed by atoms with Crippen molar-refractivity contribution in [2.75, 3.05) is 12.3 Å². The van der Waals surface area contributed by atoms with Crippen LogP contribution in [0.25, 0.3) is 0 Å². The Hall–Kier alpha value is -3.13. The van der Waals surface area contributed by atoms with E-state index in [1.54, 1.807) is 69.3 Å². The summed E-state index contributed by atoms with van der Waals surface area (Å²) in [4.78, 5) is 62.4. The third-order valence-corrected chi connectivity index (χ3v) is 9.24. The van der Waals surface area contributed by atoms with Crippen molar-refractivity contribution >= 4 is 30.9 Å². The van der Waals surface area contributed by atoms with Crippen molar-refractivity contribution in [2.45, 2.75) is 64.0 Å². The van der Waals surface area contributed by atoms with Crippen LogP contribution in [0.15, 0.2) is 54.6 Å². The van der Waals surface area contributed by atoms with E-state index in [9.17, 15) is 33.7 Å². The summed E-state index contributed by atoms with van der Waals surface area (Å²) in [5, 5.41) is 9.64. The summed E-state index contributed by atoms with van der Waals surface area (Å²) < 4.78 is 13.4. The Bertz CT molecular complexity index is 1240. The average molecular weight is 557 g/mol. The van der Waals surface area contributed by atoms with E-state index in [1.807, 2.05) is 6.07 Å². The van der Waals surface area contributed by atoms with Crippen molar-refractivity contribution in [1.82, 2.24) is 4.90 Å². The highest BCUT2D eigenvalue weighted by Gasteiger charge is 2.42. The number of carboxylic acids is 1. The monoisotopic (exact) mass is 556 g/mol. The molecule has 0 aromatic heterocycles. The van der Waals surface area contributed by atoms with E-state index >= 15 is 0 Å². The summed E-state index contributed by atoms with van der Waals surface area (Å²) in [6, 6.07) is 15.0. The zero-order valence-corrected chi connectivity index (χ0v) is 23.5. The molecule has 9 nitrogen and oxygen atoms in total. The number of Topliss-reactive ketones (excluding diaryl/α,β-unsaturated/α-hetero) is 1. The Morgan fingerprint density at radius 1 is 0.949 bits per heavy atom. The van der Waals surface area contributed by atoms with Gasteiger partial charge in [-0.05, 0) is 55.7 Å². The number of hydrogen-bond acceptors (Lipinski definition) is 6. The fourth-order valence-corrected chi connectivity index (χ4v) is 7.18. The number of nitrogens with two attached hydrogens (primary N) is 1. The van der Waals surface area contributed by atoms with Crippen molar-refractivity contribution in [3.05, 3.63) is 71.3 Å². The standard InChI is InChI=1S/C29H37N2O7P/c1-19(2)17-29(30,28(35)36)25(32)14-13-22(21-9-5-4-6-10-21)18-39(37,38)16-15-20(3)31-26(33)23-11-7-8-12-24(23)27(31)34/h4-12,19-20,22H,13-18,30H2,1-3H3,(H,35,36)(H,37,38)/t20?,22?,29-/m1/s1. The summed E-state index contributed by atoms with van der Waals surface area (Å²) in [7, 11) is -3.77. The number of ketones is 1. The molecule has 2 amide bonds. The van der Waals surface area contributed by atoms with E-state index < -0.39 is 48.4 Å². The van der Waals surface area contributed by atoms with Crippen LogP contribution < -0.4 is 5.73 Å². The van der Waals surface area contributed by atoms with E-state index in [-0.39, 0.29) is 43.9 Å². The van der Waals surface area contributed by atoms with Crippen LogP contribution in [0.4, 0.5) is 0 Å². The Morgan fingerprint density at radius 2 is 1.49 bits per heavy atom. The SMILES string of the molecule is CC(C)C[C@](N)(C(=O)O)C(=O)CCC(CP(=O)(O)CCC(C)N1C(=O)c2ccccc2C1=O)c1ccccc1. The number of carboxylic acid groups (broad SMARTS) is 1. The molecule has 0 aliphatic carbocycles. The first-order chi connectivity index (χ1) is 18.3.